The second-order valence-electron chi connectivity index (χ2n) is 29.6. The minimum absolute atomic E-state index is 0.0256. The van der Waals surface area contributed by atoms with Gasteiger partial charge in [-0.15, -0.1) is 0 Å². The Kier molecular flexibility index (Phi) is 38.1. The second kappa shape index (κ2) is 51.9. The third kappa shape index (κ3) is 31.7. The number of furan rings is 1. The zero-order chi connectivity index (χ0) is 93.9. The number of benzene rings is 11. The lowest BCUT2D eigenvalue weighted by molar-refractivity contribution is -0.134. The number of hydrogen-bond acceptors (Lipinski definition) is 21. The molecule has 11 aromatic carbocycles. The number of pyridine rings is 1. The molecular formula is C105H105N9O18S. The predicted molar refractivity (Wildman–Crippen MR) is 516 cm³/mol. The van der Waals surface area contributed by atoms with E-state index in [0.29, 0.717) is 121 Å². The first-order chi connectivity index (χ1) is 64.8. The van der Waals surface area contributed by atoms with Crippen LogP contribution in [0.2, 0.25) is 0 Å². The first-order valence-electron chi connectivity index (χ1n) is 43.1. The number of carbonyl (C=O) groups is 9. The van der Waals surface area contributed by atoms with E-state index in [-0.39, 0.29) is 73.4 Å². The van der Waals surface area contributed by atoms with E-state index >= 15 is 0 Å². The highest BCUT2D eigenvalue weighted by atomic mass is 32.2. The maximum atomic E-state index is 12.3. The lowest BCUT2D eigenvalue weighted by atomic mass is 10.0. The number of amides is 8. The Balaban J connectivity index is 0.000000161. The summed E-state index contributed by atoms with van der Waals surface area (Å²) in [6.07, 6.45) is 5.22. The van der Waals surface area contributed by atoms with Crippen LogP contribution < -0.4 is 75.1 Å². The Morgan fingerprint density at radius 2 is 1.04 bits per heavy atom. The summed E-state index contributed by atoms with van der Waals surface area (Å²) in [5, 5.41) is 21.1. The summed E-state index contributed by atoms with van der Waals surface area (Å²) >= 11 is 1.63. The van der Waals surface area contributed by atoms with E-state index in [9.17, 15) is 43.2 Å². The monoisotopic (exact) mass is 1810 g/mol. The van der Waals surface area contributed by atoms with Crippen LogP contribution in [0.15, 0.2) is 302 Å². The lowest BCUT2D eigenvalue weighted by Crippen LogP contribution is -2.31. The Labute approximate surface area is 776 Å². The number of esters is 1. The van der Waals surface area contributed by atoms with Gasteiger partial charge in [-0.1, -0.05) is 127 Å². The highest BCUT2D eigenvalue weighted by molar-refractivity contribution is 7.99. The van der Waals surface area contributed by atoms with Crippen LogP contribution in [0.3, 0.4) is 0 Å². The molecule has 15 rings (SSSR count). The molecule has 0 aliphatic carbocycles. The van der Waals surface area contributed by atoms with Gasteiger partial charge in [-0.2, -0.15) is 11.8 Å². The number of urea groups is 1. The number of para-hydroxylation sites is 3. The summed E-state index contributed by atoms with van der Waals surface area (Å²) in [4.78, 5) is 114. The average molecular weight is 1810 g/mol. The molecular weight excluding hydrogens is 1710 g/mol. The Bertz CT molecular complexity index is 5930. The van der Waals surface area contributed by atoms with Crippen LogP contribution in [0.4, 0.5) is 27.7 Å². The molecule has 0 saturated carbocycles. The van der Waals surface area contributed by atoms with E-state index < -0.39 is 5.97 Å². The van der Waals surface area contributed by atoms with Gasteiger partial charge in [-0.25, -0.2) is 9.78 Å². The van der Waals surface area contributed by atoms with Crippen LogP contribution in [0, 0.1) is 6.92 Å². The van der Waals surface area contributed by atoms with E-state index in [1.54, 1.807) is 117 Å². The molecule has 0 spiro atoms. The smallest absolute Gasteiger partial charge is 0.319 e. The number of aryl methyl sites for hydroxylation is 1. The zero-order valence-electron chi connectivity index (χ0n) is 74.6. The van der Waals surface area contributed by atoms with Crippen LogP contribution in [0.5, 0.6) is 51.7 Å². The number of methoxy groups -OCH3 is 3. The molecule has 8 amide bonds. The lowest BCUT2D eigenvalue weighted by Gasteiger charge is -2.13. The largest absolute Gasteiger partial charge is 0.497 e. The molecule has 0 radical (unpaired) electrons. The number of Topliss-reactive ketones (excluding diaryl/α,β-unsaturated/α-hetero) is 1. The molecule has 2 aromatic heterocycles. The van der Waals surface area contributed by atoms with Crippen molar-refractivity contribution in [2.75, 3.05) is 87.0 Å². The molecule has 0 saturated heterocycles. The highest BCUT2D eigenvalue weighted by Crippen LogP contribution is 2.36. The van der Waals surface area contributed by atoms with Gasteiger partial charge < -0.3 is 79.5 Å². The zero-order valence-corrected chi connectivity index (χ0v) is 75.4. The van der Waals surface area contributed by atoms with Crippen molar-refractivity contribution in [2.45, 2.75) is 72.5 Å². The molecule has 0 bridgehead atoms. The number of anilines is 4. The highest BCUT2D eigenvalue weighted by Gasteiger charge is 2.35. The fourth-order valence-electron chi connectivity index (χ4n) is 13.3. The van der Waals surface area contributed by atoms with E-state index in [1.807, 2.05) is 233 Å². The quantitative estimate of drug-likeness (QED) is 0.00625. The van der Waals surface area contributed by atoms with Crippen molar-refractivity contribution in [2.24, 2.45) is 0 Å². The number of fused-ring (bicyclic) bond motifs is 3. The van der Waals surface area contributed by atoms with Crippen molar-refractivity contribution >= 4 is 110 Å². The minimum atomic E-state index is -0.415. The second-order valence-corrected chi connectivity index (χ2v) is 30.9. The average Bonchev–Trinajstić information content (AvgIpc) is 1.65. The minimum Gasteiger partial charge on any atom is -0.497 e. The summed E-state index contributed by atoms with van der Waals surface area (Å²) in [6.45, 7) is 8.65. The van der Waals surface area contributed by atoms with Crippen LogP contribution in [-0.4, -0.2) is 129 Å². The normalized spacial score (nSPS) is 11.5. The number of thioether (sulfide) groups is 1. The molecule has 0 unspecified atom stereocenters. The van der Waals surface area contributed by atoms with Gasteiger partial charge in [-0.3, -0.25) is 43.3 Å². The molecule has 2 aliphatic rings. The maximum Gasteiger partial charge on any atom is 0.319 e. The third-order valence-electron chi connectivity index (χ3n) is 20.0. The standard InChI is InChI=1S/C25H22N2O4.C23H29NO4S.C21H20N2O3.C19H17NO5.C17H17N3O2/c1-30-23-14-18(13-20-19-9-5-6-10-21(19)27-25(20)29)11-12-22(23)31-16-24(28)26-15-17-7-3-2-4-8-17;1-3-27-21-9-5-18(6-10-21)17-20(25)13-15-29-16-14-23(26)24-19-7-11-22(12-8-19)28-4-2;1-25-18-11-7-16(8-12-18)15-22-21(24)23-17-9-13-20(14-10-17)26-19-5-3-2-4-6-19;1-24-13-8-10-14(11-9-13)25-17(21)7-4-12-20-18(22)15-5-2-3-6-16(15)19(20)23;1-12-9-16(20-15-7-3-2-6-14(12)15)18-11-17(21)19-10-13-5-4-8-22-13/h2-14H,15-16H2,1H3,(H,26,28)(H,27,29);5-12H,3-4,13-17H2,1-2H3,(H,24,26);2-14H,15H2,1H3,(H2,22,23,24);2-3,5-6,8-11H,4,7,12H2,1H3;2-9H,10-11H2,1H3,(H,18,20)(H,19,21)/b20-13+;;;;. The van der Waals surface area contributed by atoms with Gasteiger partial charge in [0.05, 0.1) is 70.5 Å². The van der Waals surface area contributed by atoms with Crippen LogP contribution in [-0.2, 0) is 54.8 Å². The Morgan fingerprint density at radius 3 is 1.69 bits per heavy atom. The molecule has 27 nitrogen and oxygen atoms in total. The number of nitrogens with zero attached hydrogens (tertiary/aromatic N) is 2. The van der Waals surface area contributed by atoms with E-state index in [1.165, 1.54) is 12.0 Å². The Morgan fingerprint density at radius 1 is 0.481 bits per heavy atom. The van der Waals surface area contributed by atoms with E-state index in [2.05, 4.69) is 42.2 Å². The van der Waals surface area contributed by atoms with E-state index in [4.69, 9.17) is 42.3 Å². The first kappa shape index (κ1) is 97.6. The maximum absolute atomic E-state index is 12.3. The van der Waals surface area contributed by atoms with Crippen molar-refractivity contribution in [1.82, 2.24) is 25.8 Å². The summed E-state index contributed by atoms with van der Waals surface area (Å²) in [7, 11) is 4.71. The Hall–Kier alpha value is -16.0. The molecule has 7 N–H and O–H groups in total. The third-order valence-corrected chi connectivity index (χ3v) is 21.0. The van der Waals surface area contributed by atoms with Crippen molar-refractivity contribution in [3.8, 4) is 51.7 Å². The van der Waals surface area contributed by atoms with Gasteiger partial charge in [0.1, 0.15) is 57.6 Å². The number of rotatable bonds is 37. The summed E-state index contributed by atoms with van der Waals surface area (Å²) < 4.78 is 48.1. The molecule has 0 fully saturated rings. The van der Waals surface area contributed by atoms with Crippen LogP contribution in [0.1, 0.15) is 99.4 Å². The molecule has 0 atom stereocenters. The number of ketones is 1. The topological polar surface area (TPSA) is 341 Å². The van der Waals surface area contributed by atoms with Crippen LogP contribution in [0.25, 0.3) is 22.6 Å². The van der Waals surface area contributed by atoms with Gasteiger partial charge in [-0.05, 0) is 225 Å². The molecule has 13 aromatic rings. The first-order valence-corrected chi connectivity index (χ1v) is 44.2. The number of imide groups is 1. The van der Waals surface area contributed by atoms with Gasteiger partial charge in [0.25, 0.3) is 23.6 Å². The molecule has 684 valence electrons. The SMILES string of the molecule is CCOc1ccc(CC(=O)CCSCCC(=O)Nc2ccc(OCC)cc2)cc1.COc1cc(/C=C2/C(=O)Nc3ccccc32)ccc1OCC(=O)NCc1ccccc1.COc1ccc(CNC(=O)Nc2ccc(Oc3ccccc3)cc2)cc1.COc1ccc(OC(=O)CCCN2C(=O)c3ccccc3C2=O)cc1.Cc1cc(NCC(=O)NCc2ccco2)nc2ccccc12. The number of nitrogens with one attached hydrogen (secondary N) is 7. The summed E-state index contributed by atoms with van der Waals surface area (Å²) in [6, 6.07) is 88.5. The molecule has 28 heteroatoms. The van der Waals surface area contributed by atoms with Crippen molar-refractivity contribution in [3.63, 3.8) is 0 Å². The number of carbonyl (C=O) groups excluding carboxylic acids is 9. The molecule has 2 aliphatic heterocycles. The van der Waals surface area contributed by atoms with Gasteiger partial charge >= 0.3 is 12.0 Å². The number of ether oxygens (including phenoxy) is 8. The van der Waals surface area contributed by atoms with E-state index in [0.717, 1.165) is 90.2 Å². The molecule has 133 heavy (non-hydrogen) atoms. The van der Waals surface area contributed by atoms with Crippen molar-refractivity contribution in [3.05, 3.63) is 348 Å². The number of hydrogen-bond donors (Lipinski definition) is 7. The fraction of sp³-hybridized carbons (Fsp3) is 0.200. The fourth-order valence-corrected chi connectivity index (χ4v) is 14.2. The van der Waals surface area contributed by atoms with Gasteiger partial charge in [0.15, 0.2) is 18.1 Å². The van der Waals surface area contributed by atoms with Gasteiger partial charge in [0, 0.05) is 90.4 Å². The summed E-state index contributed by atoms with van der Waals surface area (Å²) in [5.41, 5.74) is 10.4. The van der Waals surface area contributed by atoms with Gasteiger partial charge in [0.2, 0.25) is 11.8 Å². The van der Waals surface area contributed by atoms with Crippen molar-refractivity contribution in [1.29, 1.82) is 0 Å². The predicted octanol–water partition coefficient (Wildman–Crippen LogP) is 19.0. The molecule has 4 heterocycles. The van der Waals surface area contributed by atoms with Crippen LogP contribution >= 0.6 is 11.8 Å². The number of aromatic nitrogens is 1. The summed E-state index contributed by atoms with van der Waals surface area (Å²) in [5.74, 6) is 7.42. The van der Waals surface area contributed by atoms with Crippen molar-refractivity contribution < 1.29 is 85.5 Å².